The number of nitrogens with zero attached hydrogens (tertiary/aromatic N) is 3. The van der Waals surface area contributed by atoms with Gasteiger partial charge in [-0.2, -0.15) is 0 Å². The summed E-state index contributed by atoms with van der Waals surface area (Å²) in [5.41, 5.74) is 2.16. The first-order chi connectivity index (χ1) is 13.2. The van der Waals surface area contributed by atoms with Crippen LogP contribution in [0.5, 0.6) is 0 Å². The summed E-state index contributed by atoms with van der Waals surface area (Å²) in [7, 11) is 1.99. The van der Waals surface area contributed by atoms with E-state index >= 15 is 0 Å². The molecule has 1 saturated carbocycles. The number of imidazole rings is 1. The SMILES string of the molecule is Cn1ccnc1CN(CC1CCCCC1)C(=O)Cc1c[nH]c2ccccc12. The molecule has 2 aromatic heterocycles. The number of carbonyl (C=O) groups is 1. The van der Waals surface area contributed by atoms with Crippen LogP contribution in [-0.2, 0) is 24.8 Å². The number of fused-ring (bicyclic) bond motifs is 1. The van der Waals surface area contributed by atoms with Crippen LogP contribution in [0.15, 0.2) is 42.9 Å². The number of rotatable bonds is 6. The van der Waals surface area contributed by atoms with E-state index in [-0.39, 0.29) is 5.91 Å². The molecule has 0 bridgehead atoms. The summed E-state index contributed by atoms with van der Waals surface area (Å²) in [4.78, 5) is 23.0. The van der Waals surface area contributed by atoms with Gasteiger partial charge in [-0.3, -0.25) is 4.79 Å². The minimum Gasteiger partial charge on any atom is -0.361 e. The van der Waals surface area contributed by atoms with Gasteiger partial charge in [0.1, 0.15) is 5.82 Å². The molecule has 0 atom stereocenters. The van der Waals surface area contributed by atoms with Crippen LogP contribution in [-0.4, -0.2) is 31.9 Å². The zero-order chi connectivity index (χ0) is 18.6. The largest absolute Gasteiger partial charge is 0.361 e. The van der Waals surface area contributed by atoms with Gasteiger partial charge in [-0.1, -0.05) is 37.5 Å². The molecule has 5 heteroatoms. The third-order valence-electron chi connectivity index (χ3n) is 5.83. The molecule has 0 radical (unpaired) electrons. The maximum Gasteiger partial charge on any atom is 0.227 e. The van der Waals surface area contributed by atoms with Gasteiger partial charge >= 0.3 is 0 Å². The first kappa shape index (κ1) is 17.8. The molecule has 0 aliphatic heterocycles. The van der Waals surface area contributed by atoms with Crippen LogP contribution in [0.2, 0.25) is 0 Å². The van der Waals surface area contributed by atoms with E-state index in [4.69, 9.17) is 0 Å². The minimum absolute atomic E-state index is 0.188. The van der Waals surface area contributed by atoms with E-state index in [1.165, 1.54) is 32.1 Å². The van der Waals surface area contributed by atoms with Crippen molar-refractivity contribution in [2.75, 3.05) is 6.54 Å². The van der Waals surface area contributed by atoms with Crippen molar-refractivity contribution in [3.63, 3.8) is 0 Å². The number of aromatic amines is 1. The van der Waals surface area contributed by atoms with E-state index < -0.39 is 0 Å². The molecule has 2 heterocycles. The van der Waals surface area contributed by atoms with E-state index in [2.05, 4.69) is 22.1 Å². The van der Waals surface area contributed by atoms with Gasteiger partial charge in [-0.25, -0.2) is 4.98 Å². The standard InChI is InChI=1S/C22H28N4O/c1-25-12-11-23-21(25)16-26(15-17-7-3-2-4-8-17)22(27)13-18-14-24-20-10-6-5-9-19(18)20/h5-6,9-12,14,17,24H,2-4,7-8,13,15-16H2,1H3. The van der Waals surface area contributed by atoms with Crippen molar-refractivity contribution in [3.05, 3.63) is 54.2 Å². The molecule has 27 heavy (non-hydrogen) atoms. The Hall–Kier alpha value is -2.56. The number of nitrogens with one attached hydrogen (secondary N) is 1. The lowest BCUT2D eigenvalue weighted by Crippen LogP contribution is -2.37. The lowest BCUT2D eigenvalue weighted by molar-refractivity contribution is -0.132. The van der Waals surface area contributed by atoms with E-state index in [0.717, 1.165) is 28.8 Å². The molecule has 5 nitrogen and oxygen atoms in total. The van der Waals surface area contributed by atoms with Crippen molar-refractivity contribution in [1.82, 2.24) is 19.4 Å². The van der Waals surface area contributed by atoms with Crippen LogP contribution < -0.4 is 0 Å². The minimum atomic E-state index is 0.188. The molecular weight excluding hydrogens is 336 g/mol. The van der Waals surface area contributed by atoms with Crippen molar-refractivity contribution in [2.24, 2.45) is 13.0 Å². The molecule has 1 aliphatic rings. The van der Waals surface area contributed by atoms with E-state index in [0.29, 0.717) is 18.9 Å². The molecule has 1 N–H and O–H groups in total. The third kappa shape index (κ3) is 4.07. The molecule has 142 valence electrons. The fourth-order valence-electron chi connectivity index (χ4n) is 4.21. The Kier molecular flexibility index (Phi) is 5.28. The highest BCUT2D eigenvalue weighted by molar-refractivity contribution is 5.88. The first-order valence-corrected chi connectivity index (χ1v) is 9.99. The van der Waals surface area contributed by atoms with Gasteiger partial charge in [0.05, 0.1) is 13.0 Å². The molecule has 1 fully saturated rings. The molecule has 1 amide bonds. The molecule has 1 aliphatic carbocycles. The maximum atomic E-state index is 13.2. The predicted molar refractivity (Wildman–Crippen MR) is 107 cm³/mol. The molecular formula is C22H28N4O. The van der Waals surface area contributed by atoms with Crippen molar-refractivity contribution >= 4 is 16.8 Å². The number of benzene rings is 1. The van der Waals surface area contributed by atoms with Crippen molar-refractivity contribution in [2.45, 2.75) is 45.1 Å². The van der Waals surface area contributed by atoms with Gasteiger partial charge in [0.15, 0.2) is 0 Å². The van der Waals surface area contributed by atoms with Crippen LogP contribution in [0.3, 0.4) is 0 Å². The zero-order valence-corrected chi connectivity index (χ0v) is 16.0. The van der Waals surface area contributed by atoms with Crippen molar-refractivity contribution < 1.29 is 4.79 Å². The topological polar surface area (TPSA) is 53.9 Å². The Labute approximate surface area is 160 Å². The van der Waals surface area contributed by atoms with Gasteiger partial charge in [0.25, 0.3) is 0 Å². The monoisotopic (exact) mass is 364 g/mol. The average Bonchev–Trinajstić information content (AvgIpc) is 3.28. The van der Waals surface area contributed by atoms with Crippen LogP contribution in [0.4, 0.5) is 0 Å². The number of para-hydroxylation sites is 1. The maximum absolute atomic E-state index is 13.2. The zero-order valence-electron chi connectivity index (χ0n) is 16.0. The fourth-order valence-corrected chi connectivity index (χ4v) is 4.21. The molecule has 1 aromatic carbocycles. The summed E-state index contributed by atoms with van der Waals surface area (Å²) in [5.74, 6) is 1.75. The summed E-state index contributed by atoms with van der Waals surface area (Å²) in [6, 6.07) is 8.17. The van der Waals surface area contributed by atoms with Gasteiger partial charge in [-0.05, 0) is 30.4 Å². The fraction of sp³-hybridized carbons (Fsp3) is 0.455. The second-order valence-corrected chi connectivity index (χ2v) is 7.77. The van der Waals surface area contributed by atoms with E-state index in [1.807, 2.05) is 41.0 Å². The summed E-state index contributed by atoms with van der Waals surface area (Å²) < 4.78 is 2.01. The Morgan fingerprint density at radius 3 is 2.85 bits per heavy atom. The second-order valence-electron chi connectivity index (χ2n) is 7.77. The molecule has 0 spiro atoms. The Morgan fingerprint density at radius 2 is 2.07 bits per heavy atom. The second kappa shape index (κ2) is 7.99. The van der Waals surface area contributed by atoms with Gasteiger partial charge in [-0.15, -0.1) is 0 Å². The van der Waals surface area contributed by atoms with Gasteiger partial charge in [0, 0.05) is 43.1 Å². The summed E-state index contributed by atoms with van der Waals surface area (Å²) >= 11 is 0. The summed E-state index contributed by atoms with van der Waals surface area (Å²) in [6.07, 6.45) is 12.5. The Bertz CT molecular complexity index is 904. The highest BCUT2D eigenvalue weighted by Gasteiger charge is 2.23. The quantitative estimate of drug-likeness (QED) is 0.717. The highest BCUT2D eigenvalue weighted by Crippen LogP contribution is 2.26. The number of aryl methyl sites for hydroxylation is 1. The number of H-pyrrole nitrogens is 1. The number of aromatic nitrogens is 3. The number of amides is 1. The molecule has 4 rings (SSSR count). The molecule has 0 saturated heterocycles. The smallest absolute Gasteiger partial charge is 0.227 e. The first-order valence-electron chi connectivity index (χ1n) is 9.99. The summed E-state index contributed by atoms with van der Waals surface area (Å²) in [6.45, 7) is 1.43. The number of hydrogen-bond acceptors (Lipinski definition) is 2. The summed E-state index contributed by atoms with van der Waals surface area (Å²) in [5, 5.41) is 1.14. The number of carbonyl (C=O) groups excluding carboxylic acids is 1. The molecule has 0 unspecified atom stereocenters. The van der Waals surface area contributed by atoms with Crippen LogP contribution in [0.1, 0.15) is 43.5 Å². The predicted octanol–water partition coefficient (Wildman–Crippen LogP) is 4.05. The number of hydrogen-bond donors (Lipinski definition) is 1. The molecule has 3 aromatic rings. The third-order valence-corrected chi connectivity index (χ3v) is 5.83. The van der Waals surface area contributed by atoms with E-state index in [1.54, 1.807) is 6.20 Å². The van der Waals surface area contributed by atoms with Crippen LogP contribution in [0.25, 0.3) is 10.9 Å². The lowest BCUT2D eigenvalue weighted by Gasteiger charge is -2.29. The van der Waals surface area contributed by atoms with Crippen molar-refractivity contribution in [3.8, 4) is 0 Å². The Morgan fingerprint density at radius 1 is 1.26 bits per heavy atom. The van der Waals surface area contributed by atoms with Gasteiger partial charge in [0.2, 0.25) is 5.91 Å². The highest BCUT2D eigenvalue weighted by atomic mass is 16.2. The average molecular weight is 364 g/mol. The van der Waals surface area contributed by atoms with E-state index in [9.17, 15) is 4.79 Å². The normalized spacial score (nSPS) is 15.3. The lowest BCUT2D eigenvalue weighted by atomic mass is 9.89. The van der Waals surface area contributed by atoms with Gasteiger partial charge < -0.3 is 14.5 Å². The van der Waals surface area contributed by atoms with Crippen LogP contribution >= 0.6 is 0 Å². The van der Waals surface area contributed by atoms with Crippen LogP contribution in [0, 0.1) is 5.92 Å². The Balaban J connectivity index is 1.52. The van der Waals surface area contributed by atoms with Crippen molar-refractivity contribution in [1.29, 1.82) is 0 Å².